The van der Waals surface area contributed by atoms with Crippen LogP contribution in [0.5, 0.6) is 0 Å². The van der Waals surface area contributed by atoms with E-state index in [0.29, 0.717) is 11.5 Å². The van der Waals surface area contributed by atoms with Gasteiger partial charge in [0, 0.05) is 45.3 Å². The number of aryl methyl sites for hydroxylation is 2. The van der Waals surface area contributed by atoms with E-state index in [1.165, 1.54) is 24.3 Å². The molecule has 7 heteroatoms. The van der Waals surface area contributed by atoms with Crippen molar-refractivity contribution in [2.45, 2.75) is 39.2 Å². The van der Waals surface area contributed by atoms with Gasteiger partial charge in [-0.1, -0.05) is 0 Å². The Kier molecular flexibility index (Phi) is 5.56. The van der Waals surface area contributed by atoms with E-state index in [0.717, 1.165) is 74.4 Å². The molecule has 0 aromatic carbocycles. The fraction of sp³-hybridized carbons (Fsp3) is 0.800. The Balaban J connectivity index is 1.34. The second kappa shape index (κ2) is 7.78. The third-order valence-electron chi connectivity index (χ3n) is 6.66. The molecule has 27 heavy (non-hydrogen) atoms. The lowest BCUT2D eigenvalue weighted by Crippen LogP contribution is -2.44. The highest BCUT2D eigenvalue weighted by Gasteiger charge is 2.45. The first-order chi connectivity index (χ1) is 13.0. The summed E-state index contributed by atoms with van der Waals surface area (Å²) in [7, 11) is 2.28. The predicted octanol–water partition coefficient (Wildman–Crippen LogP) is 2.02. The summed E-state index contributed by atoms with van der Waals surface area (Å²) in [6.45, 7) is 11.9. The third kappa shape index (κ3) is 4.06. The lowest BCUT2D eigenvalue weighted by molar-refractivity contribution is 0.0283. The van der Waals surface area contributed by atoms with Crippen molar-refractivity contribution in [2.75, 3.05) is 59.5 Å². The third-order valence-corrected chi connectivity index (χ3v) is 7.72. The minimum Gasteiger partial charge on any atom is -0.379 e. The van der Waals surface area contributed by atoms with E-state index in [2.05, 4.69) is 26.7 Å². The van der Waals surface area contributed by atoms with Crippen molar-refractivity contribution < 1.29 is 9.53 Å². The first-order valence-corrected chi connectivity index (χ1v) is 11.0. The van der Waals surface area contributed by atoms with Crippen LogP contribution in [0.2, 0.25) is 0 Å². The molecule has 1 aromatic rings. The SMILES string of the molecule is Cc1nc(C)c(C(=O)N2CCC3(CC2)CC(CN2CCOCC2)N(C)C3)s1. The van der Waals surface area contributed by atoms with Gasteiger partial charge in [0.25, 0.3) is 5.91 Å². The molecule has 1 aromatic heterocycles. The predicted molar refractivity (Wildman–Crippen MR) is 107 cm³/mol. The molecule has 1 atom stereocenters. The summed E-state index contributed by atoms with van der Waals surface area (Å²) in [5.41, 5.74) is 1.27. The summed E-state index contributed by atoms with van der Waals surface area (Å²) in [6.07, 6.45) is 3.51. The summed E-state index contributed by atoms with van der Waals surface area (Å²) >= 11 is 1.53. The Hall–Kier alpha value is -1.02. The quantitative estimate of drug-likeness (QED) is 0.788. The van der Waals surface area contributed by atoms with Gasteiger partial charge in [0.2, 0.25) is 0 Å². The van der Waals surface area contributed by atoms with Gasteiger partial charge in [-0.3, -0.25) is 9.69 Å². The Morgan fingerprint density at radius 3 is 2.56 bits per heavy atom. The minimum absolute atomic E-state index is 0.184. The molecular weight excluding hydrogens is 360 g/mol. The van der Waals surface area contributed by atoms with E-state index in [1.807, 2.05) is 13.8 Å². The van der Waals surface area contributed by atoms with Crippen molar-refractivity contribution in [2.24, 2.45) is 5.41 Å². The topological polar surface area (TPSA) is 48.9 Å². The van der Waals surface area contributed by atoms with E-state index < -0.39 is 0 Å². The molecule has 3 aliphatic rings. The standard InChI is InChI=1S/C20H32N4O2S/c1-15-18(27-16(2)21-15)19(25)24-6-4-20(5-7-24)12-17(22(3)14-20)13-23-8-10-26-11-9-23/h17H,4-14H2,1-3H3. The Bertz CT molecular complexity index is 678. The number of piperidine rings is 1. The zero-order valence-electron chi connectivity index (χ0n) is 16.9. The molecule has 0 bridgehead atoms. The minimum atomic E-state index is 0.184. The van der Waals surface area contributed by atoms with Gasteiger partial charge in [0.15, 0.2) is 0 Å². The molecular formula is C20H32N4O2S. The number of ether oxygens (including phenoxy) is 1. The molecule has 0 radical (unpaired) electrons. The highest BCUT2D eigenvalue weighted by Crippen LogP contribution is 2.43. The molecule has 4 heterocycles. The number of rotatable bonds is 3. The number of likely N-dealkylation sites (N-methyl/N-ethyl adjacent to an activating group) is 1. The van der Waals surface area contributed by atoms with E-state index in [-0.39, 0.29) is 5.91 Å². The number of nitrogens with zero attached hydrogens (tertiary/aromatic N) is 4. The van der Waals surface area contributed by atoms with E-state index >= 15 is 0 Å². The monoisotopic (exact) mass is 392 g/mol. The molecule has 3 aliphatic heterocycles. The van der Waals surface area contributed by atoms with Crippen molar-refractivity contribution in [3.8, 4) is 0 Å². The number of amides is 1. The lowest BCUT2D eigenvalue weighted by Gasteiger charge is -2.39. The largest absolute Gasteiger partial charge is 0.379 e. The van der Waals surface area contributed by atoms with Gasteiger partial charge in [-0.05, 0) is 45.6 Å². The molecule has 4 rings (SSSR count). The Labute approximate surface area is 166 Å². The van der Waals surface area contributed by atoms with Gasteiger partial charge >= 0.3 is 0 Å². The average Bonchev–Trinajstić information content (AvgIpc) is 3.14. The smallest absolute Gasteiger partial charge is 0.265 e. The van der Waals surface area contributed by atoms with E-state index in [1.54, 1.807) is 0 Å². The van der Waals surface area contributed by atoms with Gasteiger partial charge in [0.1, 0.15) is 4.88 Å². The van der Waals surface area contributed by atoms with Crippen LogP contribution < -0.4 is 0 Å². The van der Waals surface area contributed by atoms with E-state index in [9.17, 15) is 4.79 Å². The maximum atomic E-state index is 12.9. The van der Waals surface area contributed by atoms with Crippen LogP contribution >= 0.6 is 11.3 Å². The zero-order chi connectivity index (χ0) is 19.0. The highest BCUT2D eigenvalue weighted by molar-refractivity contribution is 7.13. The van der Waals surface area contributed by atoms with Crippen LogP contribution in [0.3, 0.4) is 0 Å². The summed E-state index contributed by atoms with van der Waals surface area (Å²) < 4.78 is 5.49. The van der Waals surface area contributed by atoms with Gasteiger partial charge in [-0.2, -0.15) is 0 Å². The first kappa shape index (κ1) is 19.3. The Morgan fingerprint density at radius 2 is 1.93 bits per heavy atom. The van der Waals surface area contributed by atoms with E-state index in [4.69, 9.17) is 4.74 Å². The maximum Gasteiger partial charge on any atom is 0.265 e. The summed E-state index contributed by atoms with van der Waals surface area (Å²) in [6, 6.07) is 0.636. The molecule has 1 amide bonds. The molecule has 0 N–H and O–H groups in total. The number of likely N-dealkylation sites (tertiary alicyclic amines) is 2. The molecule has 3 fully saturated rings. The Morgan fingerprint density at radius 1 is 1.22 bits per heavy atom. The van der Waals surface area contributed by atoms with Crippen LogP contribution in [0.15, 0.2) is 0 Å². The second-order valence-electron chi connectivity index (χ2n) is 8.63. The number of hydrogen-bond acceptors (Lipinski definition) is 6. The van der Waals surface area contributed by atoms with Gasteiger partial charge < -0.3 is 14.5 Å². The van der Waals surface area contributed by atoms with Gasteiger partial charge in [0.05, 0.1) is 23.9 Å². The number of carbonyl (C=O) groups excluding carboxylic acids is 1. The lowest BCUT2D eigenvalue weighted by atomic mass is 9.76. The summed E-state index contributed by atoms with van der Waals surface area (Å²) in [5, 5.41) is 0.979. The molecule has 0 saturated carbocycles. The molecule has 6 nitrogen and oxygen atoms in total. The van der Waals surface area contributed by atoms with Crippen LogP contribution in [0.4, 0.5) is 0 Å². The molecule has 150 valence electrons. The number of aromatic nitrogens is 1. The number of carbonyl (C=O) groups is 1. The molecule has 3 saturated heterocycles. The summed E-state index contributed by atoms with van der Waals surface area (Å²) in [4.78, 5) is 25.3. The maximum absolute atomic E-state index is 12.9. The zero-order valence-corrected chi connectivity index (χ0v) is 17.7. The molecule has 1 unspecified atom stereocenters. The summed E-state index contributed by atoms with van der Waals surface area (Å²) in [5.74, 6) is 0.184. The normalized spacial score (nSPS) is 26.8. The van der Waals surface area contributed by atoms with Crippen molar-refractivity contribution in [1.82, 2.24) is 19.7 Å². The molecule has 0 aliphatic carbocycles. The number of hydrogen-bond donors (Lipinski definition) is 0. The number of morpholine rings is 1. The van der Waals surface area contributed by atoms with Gasteiger partial charge in [-0.15, -0.1) is 11.3 Å². The highest BCUT2D eigenvalue weighted by atomic mass is 32.1. The van der Waals surface area contributed by atoms with Crippen molar-refractivity contribution in [1.29, 1.82) is 0 Å². The van der Waals surface area contributed by atoms with Crippen LogP contribution in [-0.2, 0) is 4.74 Å². The van der Waals surface area contributed by atoms with Crippen molar-refractivity contribution in [3.05, 3.63) is 15.6 Å². The fourth-order valence-electron chi connectivity index (χ4n) is 5.08. The van der Waals surface area contributed by atoms with Crippen LogP contribution in [0.25, 0.3) is 0 Å². The second-order valence-corrected chi connectivity index (χ2v) is 9.83. The number of thiazole rings is 1. The average molecular weight is 393 g/mol. The van der Waals surface area contributed by atoms with Crippen molar-refractivity contribution >= 4 is 17.2 Å². The van der Waals surface area contributed by atoms with Gasteiger partial charge in [-0.25, -0.2) is 4.98 Å². The fourth-order valence-corrected chi connectivity index (χ4v) is 5.97. The van der Waals surface area contributed by atoms with Crippen LogP contribution in [0.1, 0.15) is 39.6 Å². The molecule has 1 spiro atoms. The first-order valence-electron chi connectivity index (χ1n) is 10.2. The van der Waals surface area contributed by atoms with Crippen LogP contribution in [0, 0.1) is 19.3 Å². The van der Waals surface area contributed by atoms with Crippen molar-refractivity contribution in [3.63, 3.8) is 0 Å². The van der Waals surface area contributed by atoms with Crippen LogP contribution in [-0.4, -0.2) is 91.2 Å².